The lowest BCUT2D eigenvalue weighted by Crippen LogP contribution is -2.43. The molecule has 3 aromatic rings. The highest BCUT2D eigenvalue weighted by atomic mass is 19.1. The smallest absolute Gasteiger partial charge is 0.239 e. The van der Waals surface area contributed by atoms with Gasteiger partial charge in [0.05, 0.1) is 18.2 Å². The minimum Gasteiger partial charge on any atom is -0.307 e. The number of nitrogens with zero attached hydrogens (tertiary/aromatic N) is 4. The van der Waals surface area contributed by atoms with Gasteiger partial charge in [0.15, 0.2) is 0 Å². The van der Waals surface area contributed by atoms with E-state index in [0.29, 0.717) is 11.6 Å². The molecule has 0 bridgehead atoms. The quantitative estimate of drug-likeness (QED) is 0.588. The zero-order valence-electron chi connectivity index (χ0n) is 19.0. The number of aryl methyl sites for hydroxylation is 1. The molecule has 1 saturated heterocycles. The van der Waals surface area contributed by atoms with Crippen LogP contribution in [0, 0.1) is 5.82 Å². The fourth-order valence-corrected chi connectivity index (χ4v) is 6.16. The maximum Gasteiger partial charge on any atom is 0.239 e. The van der Waals surface area contributed by atoms with E-state index in [2.05, 4.69) is 16.1 Å². The molecule has 1 atom stereocenters. The van der Waals surface area contributed by atoms with Crippen molar-refractivity contribution in [3.63, 3.8) is 0 Å². The molecule has 0 N–H and O–H groups in total. The van der Waals surface area contributed by atoms with Crippen LogP contribution in [-0.2, 0) is 23.8 Å². The first-order valence-electron chi connectivity index (χ1n) is 12.0. The van der Waals surface area contributed by atoms with Crippen molar-refractivity contribution in [3.8, 4) is 11.1 Å². The number of benzene rings is 2. The van der Waals surface area contributed by atoms with Crippen molar-refractivity contribution in [1.29, 1.82) is 0 Å². The van der Waals surface area contributed by atoms with Crippen LogP contribution in [0.15, 0.2) is 54.9 Å². The predicted molar refractivity (Wildman–Crippen MR) is 126 cm³/mol. The molecular weight excluding hydrogens is 415 g/mol. The monoisotopic (exact) mass is 444 g/mol. The number of fused-ring (bicyclic) bond motifs is 2. The first-order chi connectivity index (χ1) is 16.0. The molecule has 1 aromatic heterocycles. The topological polar surface area (TPSA) is 41.4 Å². The van der Waals surface area contributed by atoms with E-state index in [4.69, 9.17) is 0 Å². The van der Waals surface area contributed by atoms with E-state index in [-0.39, 0.29) is 18.3 Å². The van der Waals surface area contributed by atoms with Gasteiger partial charge in [0, 0.05) is 42.6 Å². The van der Waals surface area contributed by atoms with Gasteiger partial charge in [0.25, 0.3) is 0 Å². The van der Waals surface area contributed by atoms with Crippen molar-refractivity contribution in [2.75, 3.05) is 18.0 Å². The van der Waals surface area contributed by atoms with Crippen LogP contribution in [0.1, 0.15) is 43.2 Å². The molecule has 0 unspecified atom stereocenters. The van der Waals surface area contributed by atoms with Gasteiger partial charge in [-0.1, -0.05) is 43.2 Å². The third-order valence-corrected chi connectivity index (χ3v) is 7.92. The van der Waals surface area contributed by atoms with Crippen molar-refractivity contribution in [3.05, 3.63) is 71.8 Å². The number of carbonyl (C=O) groups excluding carboxylic acids is 1. The van der Waals surface area contributed by atoms with Crippen LogP contribution in [0.5, 0.6) is 0 Å². The molecule has 6 heteroatoms. The van der Waals surface area contributed by atoms with Gasteiger partial charge in [0.1, 0.15) is 5.82 Å². The van der Waals surface area contributed by atoms with Gasteiger partial charge in [-0.25, -0.2) is 4.39 Å². The molecule has 170 valence electrons. The highest BCUT2D eigenvalue weighted by Crippen LogP contribution is 2.49. The molecule has 0 radical (unpaired) electrons. The lowest BCUT2D eigenvalue weighted by molar-refractivity contribution is -0.123. The van der Waals surface area contributed by atoms with E-state index in [0.717, 1.165) is 41.9 Å². The molecule has 33 heavy (non-hydrogen) atoms. The van der Waals surface area contributed by atoms with Crippen LogP contribution in [0.4, 0.5) is 10.1 Å². The van der Waals surface area contributed by atoms with Crippen LogP contribution >= 0.6 is 0 Å². The summed E-state index contributed by atoms with van der Waals surface area (Å²) >= 11 is 0. The summed E-state index contributed by atoms with van der Waals surface area (Å²) in [5.41, 5.74) is 3.76. The minimum absolute atomic E-state index is 0.125. The zero-order valence-corrected chi connectivity index (χ0v) is 19.0. The molecule has 5 nitrogen and oxygen atoms in total. The van der Waals surface area contributed by atoms with Gasteiger partial charge >= 0.3 is 0 Å². The molecule has 1 spiro atoms. The maximum atomic E-state index is 15.2. The van der Waals surface area contributed by atoms with Crippen molar-refractivity contribution in [1.82, 2.24) is 14.7 Å². The molecule has 1 amide bonds. The number of para-hydroxylation sites is 1. The Kier molecular flexibility index (Phi) is 4.87. The van der Waals surface area contributed by atoms with Gasteiger partial charge in [-0.3, -0.25) is 14.4 Å². The fraction of sp³-hybridized carbons (Fsp3) is 0.407. The second kappa shape index (κ2) is 7.80. The molecule has 1 saturated carbocycles. The molecule has 2 fully saturated rings. The number of hydrogen-bond acceptors (Lipinski definition) is 3. The highest BCUT2D eigenvalue weighted by molar-refractivity contribution is 6.08. The molecule has 1 aliphatic carbocycles. The zero-order chi connectivity index (χ0) is 22.6. The van der Waals surface area contributed by atoms with Gasteiger partial charge < -0.3 is 4.90 Å². The summed E-state index contributed by atoms with van der Waals surface area (Å²) in [6.07, 6.45) is 9.51. The Morgan fingerprint density at radius 1 is 1.12 bits per heavy atom. The number of halogens is 1. The molecule has 3 aliphatic rings. The molecule has 3 heterocycles. The molecule has 2 aliphatic heterocycles. The second-order valence-electron chi connectivity index (χ2n) is 9.86. The first kappa shape index (κ1) is 20.6. The van der Waals surface area contributed by atoms with E-state index < -0.39 is 5.41 Å². The van der Waals surface area contributed by atoms with Crippen LogP contribution in [0.3, 0.4) is 0 Å². The minimum atomic E-state index is -0.495. The third-order valence-electron chi connectivity index (χ3n) is 7.92. The summed E-state index contributed by atoms with van der Waals surface area (Å²) in [7, 11) is 1.84. The van der Waals surface area contributed by atoms with Crippen LogP contribution < -0.4 is 4.90 Å². The second-order valence-corrected chi connectivity index (χ2v) is 9.86. The Morgan fingerprint density at radius 2 is 1.94 bits per heavy atom. The molecule has 2 aromatic carbocycles. The highest BCUT2D eigenvalue weighted by Gasteiger charge is 2.55. The summed E-state index contributed by atoms with van der Waals surface area (Å²) < 4.78 is 16.9. The number of carbonyl (C=O) groups is 1. The summed E-state index contributed by atoms with van der Waals surface area (Å²) in [6, 6.07) is 14.0. The average Bonchev–Trinajstić information content (AvgIpc) is 3.61. The Labute approximate surface area is 193 Å². The summed E-state index contributed by atoms with van der Waals surface area (Å²) in [6.45, 7) is 2.00. The summed E-state index contributed by atoms with van der Waals surface area (Å²) in [5.74, 6) is -0.165. The fourth-order valence-electron chi connectivity index (χ4n) is 6.16. The Morgan fingerprint density at radius 3 is 2.70 bits per heavy atom. The predicted octanol–water partition coefficient (Wildman–Crippen LogP) is 4.66. The first-order valence-corrected chi connectivity index (χ1v) is 12.0. The largest absolute Gasteiger partial charge is 0.307 e. The number of likely N-dealkylation sites (tertiary alicyclic amines) is 1. The van der Waals surface area contributed by atoms with Crippen LogP contribution in [0.2, 0.25) is 0 Å². The lowest BCUT2D eigenvalue weighted by Gasteiger charge is -2.27. The standard InChI is InChI=1S/C27H29FN4O/c1-30-16-21(15-29-30)19-10-11-20(24(28)14-19)17-32-25-9-5-4-8-23(25)27(26(32)33)12-13-31(18-27)22-6-2-3-7-22/h4-5,8-11,14-16,22H,2-3,6-7,12-13,17-18H2,1H3/t27-/m1/s1. The van der Waals surface area contributed by atoms with Crippen molar-refractivity contribution < 1.29 is 9.18 Å². The maximum absolute atomic E-state index is 15.2. The molecule has 6 rings (SSSR count). The Balaban J connectivity index is 1.30. The van der Waals surface area contributed by atoms with Crippen molar-refractivity contribution in [2.45, 2.75) is 50.1 Å². The average molecular weight is 445 g/mol. The number of amides is 1. The van der Waals surface area contributed by atoms with Crippen LogP contribution in [-0.4, -0.2) is 39.7 Å². The Bertz CT molecular complexity index is 1210. The van der Waals surface area contributed by atoms with E-state index in [1.807, 2.05) is 42.4 Å². The van der Waals surface area contributed by atoms with E-state index in [1.165, 1.54) is 25.7 Å². The summed E-state index contributed by atoms with van der Waals surface area (Å²) in [5, 5.41) is 4.18. The van der Waals surface area contributed by atoms with Gasteiger partial charge in [-0.05, 0) is 49.1 Å². The molecular formula is C27H29FN4O. The van der Waals surface area contributed by atoms with Gasteiger partial charge in [0.2, 0.25) is 5.91 Å². The number of rotatable bonds is 4. The van der Waals surface area contributed by atoms with E-state index >= 15 is 4.39 Å². The number of anilines is 1. The Hall–Kier alpha value is -2.99. The normalized spacial score (nSPS) is 23.2. The number of aromatic nitrogens is 2. The van der Waals surface area contributed by atoms with Crippen LogP contribution in [0.25, 0.3) is 11.1 Å². The van der Waals surface area contributed by atoms with Gasteiger partial charge in [-0.2, -0.15) is 5.10 Å². The summed E-state index contributed by atoms with van der Waals surface area (Å²) in [4.78, 5) is 18.3. The van der Waals surface area contributed by atoms with E-state index in [1.54, 1.807) is 23.0 Å². The van der Waals surface area contributed by atoms with Gasteiger partial charge in [-0.15, -0.1) is 0 Å². The van der Waals surface area contributed by atoms with Crippen molar-refractivity contribution in [2.24, 2.45) is 7.05 Å². The number of hydrogen-bond donors (Lipinski definition) is 0. The third kappa shape index (κ3) is 3.31. The van der Waals surface area contributed by atoms with Crippen molar-refractivity contribution >= 4 is 11.6 Å². The lowest BCUT2D eigenvalue weighted by atomic mass is 9.81. The van der Waals surface area contributed by atoms with E-state index in [9.17, 15) is 4.79 Å². The SMILES string of the molecule is Cn1cc(-c2ccc(CN3C(=O)[C@@]4(CCN(C5CCCC5)C4)c4ccccc43)c(F)c2)cn1.